The summed E-state index contributed by atoms with van der Waals surface area (Å²) in [5, 5.41) is 10.1. The summed E-state index contributed by atoms with van der Waals surface area (Å²) in [6, 6.07) is 13.7. The van der Waals surface area contributed by atoms with Gasteiger partial charge in [0.1, 0.15) is 5.82 Å². The van der Waals surface area contributed by atoms with Crippen LogP contribution in [0.3, 0.4) is 0 Å². The van der Waals surface area contributed by atoms with Crippen LogP contribution < -0.4 is 0 Å². The molecule has 0 spiro atoms. The van der Waals surface area contributed by atoms with Gasteiger partial charge in [0, 0.05) is 18.7 Å². The Morgan fingerprint density at radius 1 is 1.08 bits per heavy atom. The lowest BCUT2D eigenvalue weighted by Gasteiger charge is -2.15. The molecule has 1 aromatic heterocycles. The summed E-state index contributed by atoms with van der Waals surface area (Å²) in [5.74, 6) is 0.747. The second-order valence-electron chi connectivity index (χ2n) is 5.94. The molecule has 0 aliphatic heterocycles. The van der Waals surface area contributed by atoms with E-state index >= 15 is 0 Å². The third-order valence-corrected chi connectivity index (χ3v) is 4.68. The molecule has 0 atom stereocenters. The van der Waals surface area contributed by atoms with Gasteiger partial charge in [-0.2, -0.15) is 0 Å². The molecule has 0 saturated carbocycles. The minimum absolute atomic E-state index is 0. The van der Waals surface area contributed by atoms with E-state index in [1.54, 1.807) is 12.1 Å². The van der Waals surface area contributed by atoms with E-state index in [1.165, 1.54) is 5.56 Å². The Morgan fingerprint density at radius 2 is 1.88 bits per heavy atom. The van der Waals surface area contributed by atoms with Gasteiger partial charge in [0.15, 0.2) is 0 Å². The highest BCUT2D eigenvalue weighted by Gasteiger charge is 2.08. The first-order chi connectivity index (χ1) is 12.1. The molecule has 26 heavy (non-hydrogen) atoms. The lowest BCUT2D eigenvalue weighted by molar-refractivity contribution is 0.217. The molecule has 3 aromatic rings. The van der Waals surface area contributed by atoms with Gasteiger partial charge >= 0.3 is 0 Å². The molecule has 0 radical (unpaired) electrons. The molecule has 0 amide bonds. The Balaban J connectivity index is 0.00000243. The van der Waals surface area contributed by atoms with Gasteiger partial charge < -0.3 is 10.1 Å². The van der Waals surface area contributed by atoms with Crippen LogP contribution in [0.4, 0.5) is 0 Å². The first kappa shape index (κ1) is 20.7. The molecule has 0 aliphatic rings. The van der Waals surface area contributed by atoms with Crippen LogP contribution in [0.2, 0.25) is 10.0 Å². The first-order valence-electron chi connectivity index (χ1n) is 7.96. The Labute approximate surface area is 169 Å². The van der Waals surface area contributed by atoms with Crippen molar-refractivity contribution in [3.8, 4) is 22.6 Å². The normalized spacial score (nSPS) is 10.8. The summed E-state index contributed by atoms with van der Waals surface area (Å²) in [5.41, 5.74) is 4.07. The molecule has 1 heterocycles. The summed E-state index contributed by atoms with van der Waals surface area (Å²) >= 11 is 12.1. The van der Waals surface area contributed by atoms with Crippen LogP contribution in [0.1, 0.15) is 5.56 Å². The molecular weight excluding hydrogens is 393 g/mol. The third kappa shape index (κ3) is 5.00. The van der Waals surface area contributed by atoms with Crippen LogP contribution in [0.15, 0.2) is 48.7 Å². The van der Waals surface area contributed by atoms with Crippen molar-refractivity contribution in [2.75, 3.05) is 20.2 Å². The fourth-order valence-corrected chi connectivity index (χ4v) is 2.95. The fourth-order valence-electron chi connectivity index (χ4n) is 2.66. The molecule has 2 N–H and O–H groups in total. The van der Waals surface area contributed by atoms with Gasteiger partial charge in [-0.3, -0.25) is 4.90 Å². The van der Waals surface area contributed by atoms with E-state index in [2.05, 4.69) is 27.0 Å². The van der Waals surface area contributed by atoms with E-state index in [0.29, 0.717) is 16.6 Å². The van der Waals surface area contributed by atoms with E-state index in [0.717, 1.165) is 29.2 Å². The average molecular weight is 413 g/mol. The fraction of sp³-hybridized carbons (Fsp3) is 0.211. The van der Waals surface area contributed by atoms with Crippen LogP contribution in [-0.2, 0) is 6.54 Å². The second kappa shape index (κ2) is 9.40. The topological polar surface area (TPSA) is 52.1 Å². The lowest BCUT2D eigenvalue weighted by Crippen LogP contribution is -2.21. The van der Waals surface area contributed by atoms with Gasteiger partial charge in [0.05, 0.1) is 28.5 Å². The maximum Gasteiger partial charge on any atom is 0.137 e. The minimum atomic E-state index is 0. The van der Waals surface area contributed by atoms with Crippen LogP contribution in [0.5, 0.6) is 0 Å². The summed E-state index contributed by atoms with van der Waals surface area (Å²) in [4.78, 5) is 9.86. The number of hydrogen-bond acceptors (Lipinski definition) is 3. The summed E-state index contributed by atoms with van der Waals surface area (Å²) in [6.45, 7) is 1.59. The molecule has 3 rings (SSSR count). The smallest absolute Gasteiger partial charge is 0.137 e. The van der Waals surface area contributed by atoms with E-state index in [4.69, 9.17) is 28.3 Å². The highest BCUT2D eigenvalue weighted by Crippen LogP contribution is 2.28. The maximum atomic E-state index is 9.02. The zero-order chi connectivity index (χ0) is 17.8. The maximum absolute atomic E-state index is 9.02. The van der Waals surface area contributed by atoms with Crippen LogP contribution in [0.25, 0.3) is 22.6 Å². The average Bonchev–Trinajstić information content (AvgIpc) is 3.08. The Bertz CT molecular complexity index is 867. The number of halogens is 3. The van der Waals surface area contributed by atoms with Crippen LogP contribution in [-0.4, -0.2) is 40.2 Å². The number of benzene rings is 2. The number of rotatable bonds is 6. The number of likely N-dealkylation sites (N-methyl/N-ethyl adjacent to an activating group) is 1. The monoisotopic (exact) mass is 411 g/mol. The first-order valence-corrected chi connectivity index (χ1v) is 8.71. The van der Waals surface area contributed by atoms with E-state index in [9.17, 15) is 0 Å². The summed E-state index contributed by atoms with van der Waals surface area (Å²) in [6.07, 6.45) is 1.81. The zero-order valence-electron chi connectivity index (χ0n) is 14.2. The van der Waals surface area contributed by atoms with Crippen LogP contribution >= 0.6 is 35.6 Å². The Kier molecular flexibility index (Phi) is 7.50. The van der Waals surface area contributed by atoms with Crippen molar-refractivity contribution in [2.24, 2.45) is 0 Å². The predicted molar refractivity (Wildman–Crippen MR) is 110 cm³/mol. The molecule has 0 aliphatic carbocycles. The Morgan fingerprint density at radius 3 is 2.62 bits per heavy atom. The third-order valence-electron chi connectivity index (χ3n) is 3.94. The molecule has 0 unspecified atom stereocenters. The summed E-state index contributed by atoms with van der Waals surface area (Å²) < 4.78 is 0. The highest BCUT2D eigenvalue weighted by atomic mass is 35.5. The van der Waals surface area contributed by atoms with Gasteiger partial charge in [-0.1, -0.05) is 41.4 Å². The lowest BCUT2D eigenvalue weighted by atomic mass is 10.1. The van der Waals surface area contributed by atoms with Gasteiger partial charge in [-0.15, -0.1) is 12.4 Å². The van der Waals surface area contributed by atoms with Crippen molar-refractivity contribution in [1.29, 1.82) is 0 Å². The van der Waals surface area contributed by atoms with Gasteiger partial charge in [-0.25, -0.2) is 4.98 Å². The number of aromatic amines is 1. The van der Waals surface area contributed by atoms with Crippen molar-refractivity contribution >= 4 is 35.6 Å². The number of H-pyrrole nitrogens is 1. The second-order valence-corrected chi connectivity index (χ2v) is 6.75. The van der Waals surface area contributed by atoms with E-state index in [1.807, 2.05) is 31.4 Å². The van der Waals surface area contributed by atoms with Crippen LogP contribution in [0, 0.1) is 0 Å². The number of aromatic nitrogens is 2. The molecule has 2 aromatic carbocycles. The number of hydrogen-bond donors (Lipinski definition) is 2. The number of imidazole rings is 1. The highest BCUT2D eigenvalue weighted by molar-refractivity contribution is 6.42. The standard InChI is InChI=1S/C19H19Cl2N3O.ClH/c1-24(7-8-25)12-13-3-2-4-14(9-13)18-11-22-19(23-18)15-5-6-16(20)17(21)10-15;/h2-6,9-11,25H,7-8,12H2,1H3,(H,22,23);1H. The molecule has 4 nitrogen and oxygen atoms in total. The number of aliphatic hydroxyl groups is 1. The predicted octanol–water partition coefficient (Wildman–Crippen LogP) is 4.90. The number of nitrogens with zero attached hydrogens (tertiary/aromatic N) is 2. The van der Waals surface area contributed by atoms with Gasteiger partial charge in [0.2, 0.25) is 0 Å². The van der Waals surface area contributed by atoms with Crippen molar-refractivity contribution in [3.63, 3.8) is 0 Å². The van der Waals surface area contributed by atoms with E-state index in [-0.39, 0.29) is 19.0 Å². The molecule has 0 fully saturated rings. The zero-order valence-corrected chi connectivity index (χ0v) is 16.6. The molecule has 0 saturated heterocycles. The quantitative estimate of drug-likeness (QED) is 0.605. The van der Waals surface area contributed by atoms with Crippen molar-refractivity contribution in [1.82, 2.24) is 14.9 Å². The Hall–Kier alpha value is -1.56. The molecule has 7 heteroatoms. The number of nitrogens with one attached hydrogen (secondary N) is 1. The number of aliphatic hydroxyl groups excluding tert-OH is 1. The minimum Gasteiger partial charge on any atom is -0.395 e. The van der Waals surface area contributed by atoms with Gasteiger partial charge in [0.25, 0.3) is 0 Å². The van der Waals surface area contributed by atoms with Crippen molar-refractivity contribution in [2.45, 2.75) is 6.54 Å². The van der Waals surface area contributed by atoms with Crippen molar-refractivity contribution < 1.29 is 5.11 Å². The SMILES string of the molecule is CN(CCO)Cc1cccc(-c2cnc(-c3ccc(Cl)c(Cl)c3)[nH]2)c1.Cl. The molecular formula is C19H20Cl3N3O. The molecule has 138 valence electrons. The van der Waals surface area contributed by atoms with Gasteiger partial charge in [-0.05, 0) is 42.4 Å². The molecule has 0 bridgehead atoms. The summed E-state index contributed by atoms with van der Waals surface area (Å²) in [7, 11) is 1.99. The van der Waals surface area contributed by atoms with E-state index < -0.39 is 0 Å². The van der Waals surface area contributed by atoms with Crippen molar-refractivity contribution in [3.05, 3.63) is 64.3 Å². The largest absolute Gasteiger partial charge is 0.395 e.